The Kier molecular flexibility index (Phi) is 6.43. The lowest BCUT2D eigenvalue weighted by atomic mass is 10.2. The van der Waals surface area contributed by atoms with Gasteiger partial charge < -0.3 is 4.90 Å². The van der Waals surface area contributed by atoms with E-state index in [1.807, 2.05) is 13.8 Å². The Morgan fingerprint density at radius 1 is 1.30 bits per heavy atom. The molecule has 0 aliphatic rings. The largest absolute Gasteiger partial charge is 0.339 e. The molecule has 1 aromatic rings. The van der Waals surface area contributed by atoms with Crippen LogP contribution in [0.4, 0.5) is 5.69 Å². The van der Waals surface area contributed by atoms with Crippen molar-refractivity contribution >= 4 is 17.7 Å². The van der Waals surface area contributed by atoms with Gasteiger partial charge in [-0.3, -0.25) is 14.9 Å². The van der Waals surface area contributed by atoms with Gasteiger partial charge in [0.05, 0.1) is 4.92 Å². The van der Waals surface area contributed by atoms with Gasteiger partial charge in [-0.2, -0.15) is 0 Å². The first-order chi connectivity index (χ1) is 9.58. The Labute approximate surface area is 119 Å². The summed E-state index contributed by atoms with van der Waals surface area (Å²) in [4.78, 5) is 24.0. The van der Waals surface area contributed by atoms with E-state index in [4.69, 9.17) is 0 Å². The first-order valence-electron chi connectivity index (χ1n) is 6.80. The maximum Gasteiger partial charge on any atom is 0.270 e. The van der Waals surface area contributed by atoms with Gasteiger partial charge in [0, 0.05) is 31.3 Å². The lowest BCUT2D eigenvalue weighted by Crippen LogP contribution is -2.30. The van der Waals surface area contributed by atoms with Crippen molar-refractivity contribution in [3.63, 3.8) is 0 Å². The van der Waals surface area contributed by atoms with Crippen molar-refractivity contribution in [3.8, 4) is 0 Å². The zero-order valence-electron chi connectivity index (χ0n) is 11.9. The summed E-state index contributed by atoms with van der Waals surface area (Å²) in [7, 11) is 0. The van der Waals surface area contributed by atoms with Crippen molar-refractivity contribution in [2.75, 3.05) is 13.1 Å². The van der Waals surface area contributed by atoms with E-state index >= 15 is 0 Å². The van der Waals surface area contributed by atoms with Crippen LogP contribution in [0.2, 0.25) is 0 Å². The molecular weight excluding hydrogens is 256 g/mol. The molecule has 0 fully saturated rings. The van der Waals surface area contributed by atoms with Crippen LogP contribution in [-0.2, 0) is 4.79 Å². The zero-order valence-corrected chi connectivity index (χ0v) is 11.9. The number of benzene rings is 1. The van der Waals surface area contributed by atoms with E-state index in [9.17, 15) is 14.9 Å². The van der Waals surface area contributed by atoms with Crippen molar-refractivity contribution in [2.24, 2.45) is 0 Å². The highest BCUT2D eigenvalue weighted by Gasteiger charge is 2.08. The standard InChI is InChI=1S/C15H20N2O3/c1-3-10-16(11-4-2)15(18)9-8-13-6-5-7-14(12-13)17(19)20/h5-9,12H,3-4,10-11H2,1-2H3. The van der Waals surface area contributed by atoms with Gasteiger partial charge in [0.25, 0.3) is 5.69 Å². The van der Waals surface area contributed by atoms with Crippen LogP contribution >= 0.6 is 0 Å². The average molecular weight is 276 g/mol. The van der Waals surface area contributed by atoms with Gasteiger partial charge >= 0.3 is 0 Å². The van der Waals surface area contributed by atoms with E-state index in [2.05, 4.69) is 0 Å². The lowest BCUT2D eigenvalue weighted by molar-refractivity contribution is -0.384. The first-order valence-corrected chi connectivity index (χ1v) is 6.80. The highest BCUT2D eigenvalue weighted by Crippen LogP contribution is 2.14. The van der Waals surface area contributed by atoms with Gasteiger partial charge in [-0.25, -0.2) is 0 Å². The van der Waals surface area contributed by atoms with E-state index in [0.717, 1.165) is 25.9 Å². The molecular formula is C15H20N2O3. The SMILES string of the molecule is CCCN(CCC)C(=O)C=Cc1cccc([N+](=O)[O-])c1. The van der Waals surface area contributed by atoms with Crippen molar-refractivity contribution in [3.05, 3.63) is 46.0 Å². The van der Waals surface area contributed by atoms with Crippen molar-refractivity contribution in [1.29, 1.82) is 0 Å². The molecule has 0 spiro atoms. The Bertz CT molecular complexity index is 492. The Hall–Kier alpha value is -2.17. The van der Waals surface area contributed by atoms with Crippen LogP contribution < -0.4 is 0 Å². The molecule has 5 heteroatoms. The summed E-state index contributed by atoms with van der Waals surface area (Å²) in [5.41, 5.74) is 0.680. The molecule has 1 rings (SSSR count). The average Bonchev–Trinajstić information content (AvgIpc) is 2.45. The van der Waals surface area contributed by atoms with Crippen LogP contribution in [0.25, 0.3) is 6.08 Å². The maximum atomic E-state index is 12.0. The third-order valence-corrected chi connectivity index (χ3v) is 2.80. The van der Waals surface area contributed by atoms with Crippen molar-refractivity contribution in [2.45, 2.75) is 26.7 Å². The molecule has 0 saturated carbocycles. The number of nitrogens with zero attached hydrogens (tertiary/aromatic N) is 2. The predicted molar refractivity (Wildman–Crippen MR) is 79.3 cm³/mol. The third-order valence-electron chi connectivity index (χ3n) is 2.80. The molecule has 1 aromatic carbocycles. The smallest absolute Gasteiger partial charge is 0.270 e. The number of carbonyl (C=O) groups is 1. The van der Waals surface area contributed by atoms with E-state index in [-0.39, 0.29) is 11.6 Å². The maximum absolute atomic E-state index is 12.0. The van der Waals surface area contributed by atoms with Crippen LogP contribution in [0.1, 0.15) is 32.3 Å². The third kappa shape index (κ3) is 4.84. The summed E-state index contributed by atoms with van der Waals surface area (Å²) in [6.45, 7) is 5.51. The van der Waals surface area contributed by atoms with Crippen LogP contribution in [0.15, 0.2) is 30.3 Å². The number of rotatable bonds is 7. The summed E-state index contributed by atoms with van der Waals surface area (Å²) in [5.74, 6) is -0.0554. The summed E-state index contributed by atoms with van der Waals surface area (Å²) >= 11 is 0. The summed E-state index contributed by atoms with van der Waals surface area (Å²) in [5, 5.41) is 10.7. The quantitative estimate of drug-likeness (QED) is 0.436. The minimum atomic E-state index is -0.445. The summed E-state index contributed by atoms with van der Waals surface area (Å²) in [6, 6.07) is 6.23. The van der Waals surface area contributed by atoms with E-state index in [0.29, 0.717) is 5.56 Å². The van der Waals surface area contributed by atoms with Crippen molar-refractivity contribution < 1.29 is 9.72 Å². The fourth-order valence-corrected chi connectivity index (χ4v) is 1.89. The fraction of sp³-hybridized carbons (Fsp3) is 0.400. The second kappa shape index (κ2) is 8.09. The summed E-state index contributed by atoms with van der Waals surface area (Å²) < 4.78 is 0. The Morgan fingerprint density at radius 2 is 1.95 bits per heavy atom. The fourth-order valence-electron chi connectivity index (χ4n) is 1.89. The lowest BCUT2D eigenvalue weighted by Gasteiger charge is -2.19. The van der Waals surface area contributed by atoms with Gasteiger partial charge in [0.2, 0.25) is 5.91 Å². The topological polar surface area (TPSA) is 63.5 Å². The number of nitro benzene ring substituents is 1. The minimum absolute atomic E-state index is 0.0265. The monoisotopic (exact) mass is 276 g/mol. The molecule has 1 amide bonds. The van der Waals surface area contributed by atoms with E-state index in [1.54, 1.807) is 23.1 Å². The summed E-state index contributed by atoms with van der Waals surface area (Å²) in [6.07, 6.45) is 4.92. The number of nitro groups is 1. The molecule has 0 aliphatic carbocycles. The zero-order chi connectivity index (χ0) is 15.0. The molecule has 0 aliphatic heterocycles. The second-order valence-electron chi connectivity index (χ2n) is 4.51. The molecule has 0 N–H and O–H groups in total. The number of carbonyl (C=O) groups excluding carboxylic acids is 1. The Balaban J connectivity index is 2.77. The van der Waals surface area contributed by atoms with Crippen molar-refractivity contribution in [1.82, 2.24) is 4.90 Å². The van der Waals surface area contributed by atoms with Crippen LogP contribution in [0, 0.1) is 10.1 Å². The van der Waals surface area contributed by atoms with Crippen LogP contribution in [-0.4, -0.2) is 28.8 Å². The van der Waals surface area contributed by atoms with Crippen LogP contribution in [0.5, 0.6) is 0 Å². The van der Waals surface area contributed by atoms with Gasteiger partial charge in [0.1, 0.15) is 0 Å². The minimum Gasteiger partial charge on any atom is -0.339 e. The number of hydrogen-bond acceptors (Lipinski definition) is 3. The first kappa shape index (κ1) is 15.9. The second-order valence-corrected chi connectivity index (χ2v) is 4.51. The molecule has 108 valence electrons. The molecule has 0 aromatic heterocycles. The molecule has 20 heavy (non-hydrogen) atoms. The molecule has 0 saturated heterocycles. The van der Waals surface area contributed by atoms with Crippen LogP contribution in [0.3, 0.4) is 0 Å². The van der Waals surface area contributed by atoms with E-state index in [1.165, 1.54) is 18.2 Å². The number of amides is 1. The molecule has 5 nitrogen and oxygen atoms in total. The molecule has 0 atom stereocenters. The molecule has 0 unspecified atom stereocenters. The number of non-ortho nitro benzene ring substituents is 1. The molecule has 0 radical (unpaired) electrons. The van der Waals surface area contributed by atoms with Gasteiger partial charge in [-0.1, -0.05) is 26.0 Å². The number of hydrogen-bond donors (Lipinski definition) is 0. The van der Waals surface area contributed by atoms with Gasteiger partial charge in [-0.15, -0.1) is 0 Å². The Morgan fingerprint density at radius 3 is 2.50 bits per heavy atom. The highest BCUT2D eigenvalue weighted by atomic mass is 16.6. The van der Waals surface area contributed by atoms with E-state index < -0.39 is 4.92 Å². The highest BCUT2D eigenvalue weighted by molar-refractivity contribution is 5.91. The normalized spacial score (nSPS) is 10.7. The van der Waals surface area contributed by atoms with Gasteiger partial charge in [0.15, 0.2) is 0 Å². The predicted octanol–water partition coefficient (Wildman–Crippen LogP) is 3.26. The van der Waals surface area contributed by atoms with Gasteiger partial charge in [-0.05, 0) is 24.5 Å². The molecule has 0 bridgehead atoms. The molecule has 0 heterocycles.